The minimum atomic E-state index is 0.106. The van der Waals surface area contributed by atoms with Gasteiger partial charge >= 0.3 is 0 Å². The molecule has 0 amide bonds. The molecule has 0 radical (unpaired) electrons. The molecule has 1 rings (SSSR count). The van der Waals surface area contributed by atoms with Crippen LogP contribution in [0.3, 0.4) is 0 Å². The number of rotatable bonds is 5. The third-order valence-electron chi connectivity index (χ3n) is 2.85. The van der Waals surface area contributed by atoms with E-state index in [-0.39, 0.29) is 12.1 Å². The third kappa shape index (κ3) is 3.30. The third-order valence-corrected chi connectivity index (χ3v) is 2.85. The molecule has 0 saturated heterocycles. The van der Waals surface area contributed by atoms with Crippen LogP contribution in [-0.2, 0) is 11.2 Å². The van der Waals surface area contributed by atoms with Crippen molar-refractivity contribution in [2.24, 2.45) is 5.84 Å². The van der Waals surface area contributed by atoms with Gasteiger partial charge in [-0.2, -0.15) is 0 Å². The Kier molecular flexibility index (Phi) is 4.75. The van der Waals surface area contributed by atoms with Gasteiger partial charge in [-0.1, -0.05) is 24.3 Å². The maximum atomic E-state index is 5.52. The summed E-state index contributed by atoms with van der Waals surface area (Å²) in [7, 11) is 1.70. The topological polar surface area (TPSA) is 47.3 Å². The van der Waals surface area contributed by atoms with E-state index in [1.54, 1.807) is 7.11 Å². The van der Waals surface area contributed by atoms with E-state index < -0.39 is 0 Å². The van der Waals surface area contributed by atoms with Crippen molar-refractivity contribution in [2.45, 2.75) is 32.4 Å². The normalized spacial score (nSPS) is 14.9. The summed E-state index contributed by atoms with van der Waals surface area (Å²) >= 11 is 0. The SMILES string of the molecule is COC(C)C(Cc1ccccc1C)NN. The van der Waals surface area contributed by atoms with Gasteiger partial charge in [0, 0.05) is 7.11 Å². The van der Waals surface area contributed by atoms with E-state index in [1.165, 1.54) is 11.1 Å². The van der Waals surface area contributed by atoms with Crippen LogP contribution in [0.5, 0.6) is 0 Å². The number of hydrogen-bond acceptors (Lipinski definition) is 3. The van der Waals surface area contributed by atoms with Crippen LogP contribution >= 0.6 is 0 Å². The molecule has 0 bridgehead atoms. The fourth-order valence-electron chi connectivity index (χ4n) is 1.60. The summed E-state index contributed by atoms with van der Waals surface area (Å²) in [6.45, 7) is 4.13. The van der Waals surface area contributed by atoms with Crippen molar-refractivity contribution in [1.29, 1.82) is 0 Å². The highest BCUT2D eigenvalue weighted by Crippen LogP contribution is 2.11. The first kappa shape index (κ1) is 12.2. The molecule has 84 valence electrons. The summed E-state index contributed by atoms with van der Waals surface area (Å²) in [5, 5.41) is 0. The lowest BCUT2D eigenvalue weighted by Gasteiger charge is -2.22. The number of hydrogen-bond donors (Lipinski definition) is 2. The summed E-state index contributed by atoms with van der Waals surface area (Å²) in [5.74, 6) is 5.52. The van der Waals surface area contributed by atoms with Crippen molar-refractivity contribution in [2.75, 3.05) is 7.11 Å². The Hall–Kier alpha value is -0.900. The molecule has 0 heterocycles. The van der Waals surface area contributed by atoms with Crippen molar-refractivity contribution < 1.29 is 4.74 Å². The van der Waals surface area contributed by atoms with Crippen LogP contribution in [0.4, 0.5) is 0 Å². The van der Waals surface area contributed by atoms with Gasteiger partial charge in [0.15, 0.2) is 0 Å². The quantitative estimate of drug-likeness (QED) is 0.568. The van der Waals surface area contributed by atoms with Crippen molar-refractivity contribution in [3.63, 3.8) is 0 Å². The van der Waals surface area contributed by atoms with E-state index in [0.717, 1.165) is 6.42 Å². The molecule has 1 aromatic rings. The standard InChI is InChI=1S/C12H20N2O/c1-9-6-4-5-7-11(9)8-12(14-13)10(2)15-3/h4-7,10,12,14H,8,13H2,1-3H3. The molecule has 0 aromatic heterocycles. The van der Waals surface area contributed by atoms with Crippen molar-refractivity contribution >= 4 is 0 Å². The Bertz CT molecular complexity index is 301. The highest BCUT2D eigenvalue weighted by Gasteiger charge is 2.16. The van der Waals surface area contributed by atoms with Gasteiger partial charge in [0.2, 0.25) is 0 Å². The lowest BCUT2D eigenvalue weighted by molar-refractivity contribution is 0.0831. The summed E-state index contributed by atoms with van der Waals surface area (Å²) in [5.41, 5.74) is 5.41. The zero-order valence-electron chi connectivity index (χ0n) is 9.66. The van der Waals surface area contributed by atoms with Gasteiger partial charge in [0.25, 0.3) is 0 Å². The first-order valence-corrected chi connectivity index (χ1v) is 5.22. The molecular weight excluding hydrogens is 188 g/mol. The molecular formula is C12H20N2O. The predicted octanol–water partition coefficient (Wildman–Crippen LogP) is 1.40. The van der Waals surface area contributed by atoms with E-state index in [0.29, 0.717) is 0 Å². The molecule has 3 N–H and O–H groups in total. The van der Waals surface area contributed by atoms with Crippen LogP contribution in [0.15, 0.2) is 24.3 Å². The first-order valence-electron chi connectivity index (χ1n) is 5.22. The fourth-order valence-corrected chi connectivity index (χ4v) is 1.60. The molecule has 0 spiro atoms. The summed E-state index contributed by atoms with van der Waals surface area (Å²) in [6.07, 6.45) is 0.993. The Balaban J connectivity index is 2.71. The summed E-state index contributed by atoms with van der Waals surface area (Å²) < 4.78 is 5.27. The lowest BCUT2D eigenvalue weighted by Crippen LogP contribution is -2.45. The van der Waals surface area contributed by atoms with Crippen molar-refractivity contribution in [3.05, 3.63) is 35.4 Å². The van der Waals surface area contributed by atoms with Crippen LogP contribution < -0.4 is 11.3 Å². The van der Waals surface area contributed by atoms with Gasteiger partial charge in [-0.25, -0.2) is 0 Å². The minimum Gasteiger partial charge on any atom is -0.380 e. The molecule has 0 aliphatic carbocycles. The summed E-state index contributed by atoms with van der Waals surface area (Å²) in [6, 6.07) is 8.48. The molecule has 2 unspecified atom stereocenters. The molecule has 0 fully saturated rings. The second-order valence-electron chi connectivity index (χ2n) is 3.84. The zero-order chi connectivity index (χ0) is 11.3. The van der Waals surface area contributed by atoms with Gasteiger partial charge in [-0.15, -0.1) is 0 Å². The van der Waals surface area contributed by atoms with E-state index in [1.807, 2.05) is 19.1 Å². The molecule has 0 aliphatic rings. The van der Waals surface area contributed by atoms with Gasteiger partial charge in [-0.05, 0) is 31.4 Å². The van der Waals surface area contributed by atoms with Crippen LogP contribution in [0.1, 0.15) is 18.1 Å². The van der Waals surface area contributed by atoms with Crippen molar-refractivity contribution in [1.82, 2.24) is 5.43 Å². The largest absolute Gasteiger partial charge is 0.380 e. The maximum Gasteiger partial charge on any atom is 0.0712 e. The minimum absolute atomic E-state index is 0.106. The average Bonchev–Trinajstić information content (AvgIpc) is 2.27. The molecule has 0 saturated carbocycles. The van der Waals surface area contributed by atoms with Gasteiger partial charge < -0.3 is 4.74 Å². The number of nitrogens with one attached hydrogen (secondary N) is 1. The monoisotopic (exact) mass is 208 g/mol. The Labute approximate surface area is 91.6 Å². The second-order valence-corrected chi connectivity index (χ2v) is 3.84. The fraction of sp³-hybridized carbons (Fsp3) is 0.500. The van der Waals surface area contributed by atoms with Crippen LogP contribution in [0, 0.1) is 6.92 Å². The van der Waals surface area contributed by atoms with Crippen molar-refractivity contribution in [3.8, 4) is 0 Å². The molecule has 3 heteroatoms. The van der Waals surface area contributed by atoms with Gasteiger partial charge in [-0.3, -0.25) is 11.3 Å². The molecule has 0 aliphatic heterocycles. The van der Waals surface area contributed by atoms with E-state index in [2.05, 4.69) is 24.5 Å². The molecule has 15 heavy (non-hydrogen) atoms. The van der Waals surface area contributed by atoms with E-state index in [9.17, 15) is 0 Å². The smallest absolute Gasteiger partial charge is 0.0712 e. The number of methoxy groups -OCH3 is 1. The second kappa shape index (κ2) is 5.85. The van der Waals surface area contributed by atoms with Crippen LogP contribution in [0.25, 0.3) is 0 Å². The number of aryl methyl sites for hydroxylation is 1. The van der Waals surface area contributed by atoms with Gasteiger partial charge in [0.05, 0.1) is 12.1 Å². The molecule has 2 atom stereocenters. The number of benzene rings is 1. The number of hydrazine groups is 1. The zero-order valence-corrected chi connectivity index (χ0v) is 9.66. The van der Waals surface area contributed by atoms with E-state index >= 15 is 0 Å². The first-order chi connectivity index (χ1) is 7.19. The Morgan fingerprint density at radius 2 is 2.07 bits per heavy atom. The Morgan fingerprint density at radius 1 is 1.40 bits per heavy atom. The number of nitrogens with two attached hydrogens (primary N) is 1. The molecule has 1 aromatic carbocycles. The van der Waals surface area contributed by atoms with E-state index in [4.69, 9.17) is 10.6 Å². The summed E-state index contributed by atoms with van der Waals surface area (Å²) in [4.78, 5) is 0. The van der Waals surface area contributed by atoms with Crippen LogP contribution in [0.2, 0.25) is 0 Å². The number of ether oxygens (including phenoxy) is 1. The highest BCUT2D eigenvalue weighted by atomic mass is 16.5. The maximum absolute atomic E-state index is 5.52. The Morgan fingerprint density at radius 3 is 2.60 bits per heavy atom. The van der Waals surface area contributed by atoms with Crippen LogP contribution in [-0.4, -0.2) is 19.3 Å². The average molecular weight is 208 g/mol. The lowest BCUT2D eigenvalue weighted by atomic mass is 9.99. The van der Waals surface area contributed by atoms with Gasteiger partial charge in [0.1, 0.15) is 0 Å². The molecule has 3 nitrogen and oxygen atoms in total. The highest BCUT2D eigenvalue weighted by molar-refractivity contribution is 5.26. The predicted molar refractivity (Wildman–Crippen MR) is 62.5 cm³/mol.